The number of nitrogens with one attached hydrogen (secondary N) is 1. The molecule has 0 bridgehead atoms. The van der Waals surface area contributed by atoms with E-state index in [0.717, 1.165) is 12.1 Å². The largest absolute Gasteiger partial charge is 0.311 e. The number of hydrogen-bond acceptors (Lipinski definition) is 2. The van der Waals surface area contributed by atoms with Gasteiger partial charge >= 0.3 is 0 Å². The summed E-state index contributed by atoms with van der Waals surface area (Å²) >= 11 is 1.95. The zero-order valence-corrected chi connectivity index (χ0v) is 12.8. The maximum Gasteiger partial charge on any atom is 0.263 e. The van der Waals surface area contributed by atoms with Gasteiger partial charge in [-0.25, -0.2) is 8.78 Å². The molecule has 0 aliphatic heterocycles. The fraction of sp³-hybridized carbons (Fsp3) is 0.625. The van der Waals surface area contributed by atoms with Crippen molar-refractivity contribution >= 4 is 11.8 Å². The molecule has 1 aromatic carbocycles. The molecule has 1 nitrogen and oxygen atoms in total. The topological polar surface area (TPSA) is 12.0 Å². The molecule has 1 aliphatic rings. The van der Waals surface area contributed by atoms with Crippen molar-refractivity contribution in [2.75, 3.05) is 12.8 Å². The molecule has 0 radical (unpaired) electrons. The maximum atomic E-state index is 12.7. The van der Waals surface area contributed by atoms with Crippen LogP contribution in [0.5, 0.6) is 0 Å². The molecule has 1 aliphatic carbocycles. The van der Waals surface area contributed by atoms with E-state index in [1.807, 2.05) is 17.8 Å². The van der Waals surface area contributed by atoms with E-state index in [1.54, 1.807) is 12.1 Å². The van der Waals surface area contributed by atoms with Crippen LogP contribution in [-0.4, -0.2) is 17.5 Å². The second-order valence-electron chi connectivity index (χ2n) is 5.60. The van der Waals surface area contributed by atoms with Crippen molar-refractivity contribution in [1.82, 2.24) is 5.32 Å². The van der Waals surface area contributed by atoms with Crippen LogP contribution in [-0.2, 0) is 6.54 Å². The number of rotatable bonds is 6. The third-order valence-corrected chi connectivity index (χ3v) is 5.60. The quantitative estimate of drug-likeness (QED) is 0.811. The summed E-state index contributed by atoms with van der Waals surface area (Å²) in [5, 5.41) is 3.46. The lowest BCUT2D eigenvalue weighted by Crippen LogP contribution is -2.39. The predicted molar refractivity (Wildman–Crippen MR) is 82.4 cm³/mol. The van der Waals surface area contributed by atoms with E-state index in [4.69, 9.17) is 0 Å². The van der Waals surface area contributed by atoms with Gasteiger partial charge in [0.1, 0.15) is 0 Å². The lowest BCUT2D eigenvalue weighted by Gasteiger charge is -2.36. The summed E-state index contributed by atoms with van der Waals surface area (Å²) < 4.78 is 25.6. The molecule has 0 spiro atoms. The van der Waals surface area contributed by atoms with Crippen LogP contribution in [0.1, 0.15) is 49.7 Å². The predicted octanol–water partition coefficient (Wildman–Crippen LogP) is 4.78. The van der Waals surface area contributed by atoms with Crippen LogP contribution in [0.2, 0.25) is 0 Å². The molecule has 0 saturated heterocycles. The van der Waals surface area contributed by atoms with Gasteiger partial charge in [0.2, 0.25) is 0 Å². The number of alkyl halides is 2. The van der Waals surface area contributed by atoms with Crippen LogP contribution >= 0.6 is 11.8 Å². The summed E-state index contributed by atoms with van der Waals surface area (Å²) in [6, 6.07) is 6.71. The Bertz CT molecular complexity index is 417. The second-order valence-corrected chi connectivity index (χ2v) is 6.87. The highest BCUT2D eigenvalue weighted by Gasteiger charge is 2.30. The first-order chi connectivity index (χ1) is 9.65. The SMILES string of the molecule is CSC1(CNCc2cccc(C(F)F)c2)CCCCC1. The molecule has 1 saturated carbocycles. The van der Waals surface area contributed by atoms with Gasteiger partial charge in [0, 0.05) is 23.4 Å². The Morgan fingerprint density at radius 1 is 1.25 bits per heavy atom. The Morgan fingerprint density at radius 3 is 2.65 bits per heavy atom. The highest BCUT2D eigenvalue weighted by Crippen LogP contribution is 2.38. The maximum absolute atomic E-state index is 12.7. The average molecular weight is 299 g/mol. The lowest BCUT2D eigenvalue weighted by atomic mass is 9.88. The Hall–Kier alpha value is -0.610. The Morgan fingerprint density at radius 2 is 2.00 bits per heavy atom. The fourth-order valence-corrected chi connectivity index (χ4v) is 3.87. The number of hydrogen-bond donors (Lipinski definition) is 1. The molecule has 4 heteroatoms. The van der Waals surface area contributed by atoms with Gasteiger partial charge in [-0.15, -0.1) is 0 Å². The van der Waals surface area contributed by atoms with Crippen LogP contribution in [0.25, 0.3) is 0 Å². The van der Waals surface area contributed by atoms with E-state index in [2.05, 4.69) is 11.6 Å². The van der Waals surface area contributed by atoms with E-state index in [1.165, 1.54) is 38.2 Å². The number of benzene rings is 1. The van der Waals surface area contributed by atoms with Gasteiger partial charge in [-0.2, -0.15) is 11.8 Å². The van der Waals surface area contributed by atoms with Gasteiger partial charge in [-0.1, -0.05) is 37.5 Å². The molecule has 0 unspecified atom stereocenters. The minimum atomic E-state index is -2.38. The molecule has 0 amide bonds. The van der Waals surface area contributed by atoms with Crippen LogP contribution < -0.4 is 5.32 Å². The average Bonchev–Trinajstić information content (AvgIpc) is 2.48. The third kappa shape index (κ3) is 4.19. The van der Waals surface area contributed by atoms with Crippen LogP contribution in [0, 0.1) is 0 Å². The summed E-state index contributed by atoms with van der Waals surface area (Å²) in [5.41, 5.74) is 1.05. The minimum absolute atomic E-state index is 0.113. The van der Waals surface area contributed by atoms with Gasteiger partial charge in [-0.05, 0) is 30.7 Å². The Labute approximate surface area is 124 Å². The molecule has 0 aromatic heterocycles. The molecular formula is C16H23F2NS. The van der Waals surface area contributed by atoms with Crippen LogP contribution in [0.4, 0.5) is 8.78 Å². The van der Waals surface area contributed by atoms with Crippen LogP contribution in [0.15, 0.2) is 24.3 Å². The summed E-state index contributed by atoms with van der Waals surface area (Å²) in [5.74, 6) is 0. The zero-order chi connectivity index (χ0) is 14.4. The van der Waals surface area contributed by atoms with Gasteiger partial charge in [0.25, 0.3) is 6.43 Å². The van der Waals surface area contributed by atoms with Crippen molar-refractivity contribution in [3.63, 3.8) is 0 Å². The van der Waals surface area contributed by atoms with Crippen LogP contribution in [0.3, 0.4) is 0 Å². The number of halogens is 2. The smallest absolute Gasteiger partial charge is 0.263 e. The molecule has 112 valence electrons. The van der Waals surface area contributed by atoms with Crippen molar-refractivity contribution in [2.45, 2.75) is 49.8 Å². The van der Waals surface area contributed by atoms with Crippen molar-refractivity contribution in [2.24, 2.45) is 0 Å². The van der Waals surface area contributed by atoms with E-state index in [0.29, 0.717) is 11.3 Å². The summed E-state index contributed by atoms with van der Waals surface area (Å²) in [6.45, 7) is 1.63. The first kappa shape index (κ1) is 15.8. The standard InChI is InChI=1S/C16H23F2NS/c1-20-16(8-3-2-4-9-16)12-19-11-13-6-5-7-14(10-13)15(17)18/h5-7,10,15,19H,2-4,8-9,11-12H2,1H3. The van der Waals surface area contributed by atoms with Gasteiger partial charge in [0.05, 0.1) is 0 Å². The summed E-state index contributed by atoms with van der Waals surface area (Å²) in [6.07, 6.45) is 6.29. The van der Waals surface area contributed by atoms with E-state index < -0.39 is 6.43 Å². The second kappa shape index (κ2) is 7.41. The van der Waals surface area contributed by atoms with E-state index >= 15 is 0 Å². The Balaban J connectivity index is 1.87. The zero-order valence-electron chi connectivity index (χ0n) is 12.0. The lowest BCUT2D eigenvalue weighted by molar-refractivity contribution is 0.151. The van der Waals surface area contributed by atoms with Crippen molar-refractivity contribution in [1.29, 1.82) is 0 Å². The van der Waals surface area contributed by atoms with E-state index in [-0.39, 0.29) is 5.56 Å². The Kier molecular flexibility index (Phi) is 5.85. The summed E-state index contributed by atoms with van der Waals surface area (Å²) in [4.78, 5) is 0. The molecule has 0 heterocycles. The van der Waals surface area contributed by atoms with E-state index in [9.17, 15) is 8.78 Å². The normalized spacial score (nSPS) is 18.4. The highest BCUT2D eigenvalue weighted by atomic mass is 32.2. The first-order valence-corrected chi connectivity index (χ1v) is 8.50. The molecular weight excluding hydrogens is 276 g/mol. The molecule has 1 fully saturated rings. The van der Waals surface area contributed by atoms with Crippen molar-refractivity contribution in [3.8, 4) is 0 Å². The van der Waals surface area contributed by atoms with Gasteiger partial charge in [-0.3, -0.25) is 0 Å². The fourth-order valence-electron chi connectivity index (χ4n) is 2.92. The molecule has 2 rings (SSSR count). The molecule has 20 heavy (non-hydrogen) atoms. The van der Waals surface area contributed by atoms with Crippen molar-refractivity contribution in [3.05, 3.63) is 35.4 Å². The first-order valence-electron chi connectivity index (χ1n) is 7.28. The van der Waals surface area contributed by atoms with Gasteiger partial charge < -0.3 is 5.32 Å². The van der Waals surface area contributed by atoms with Gasteiger partial charge in [0.15, 0.2) is 0 Å². The molecule has 0 atom stereocenters. The molecule has 1 N–H and O–H groups in total. The summed E-state index contributed by atoms with van der Waals surface area (Å²) in [7, 11) is 0. The highest BCUT2D eigenvalue weighted by molar-refractivity contribution is 8.00. The monoisotopic (exact) mass is 299 g/mol. The van der Waals surface area contributed by atoms with Crippen molar-refractivity contribution < 1.29 is 8.78 Å². The number of thioether (sulfide) groups is 1. The minimum Gasteiger partial charge on any atom is -0.311 e. The third-order valence-electron chi connectivity index (χ3n) is 4.18. The molecule has 1 aromatic rings.